The van der Waals surface area contributed by atoms with Crippen LogP contribution >= 0.6 is 17.0 Å². The van der Waals surface area contributed by atoms with E-state index in [2.05, 4.69) is 41.2 Å². The lowest BCUT2D eigenvalue weighted by Gasteiger charge is -2.38. The first-order valence-corrected chi connectivity index (χ1v) is 9.04. The van der Waals surface area contributed by atoms with Crippen LogP contribution in [0.2, 0.25) is 0 Å². The number of halogens is 1. The summed E-state index contributed by atoms with van der Waals surface area (Å²) in [6, 6.07) is 8.86. The Labute approximate surface area is 166 Å². The Morgan fingerprint density at radius 2 is 2.04 bits per heavy atom. The van der Waals surface area contributed by atoms with Crippen LogP contribution in [0.5, 0.6) is 0 Å². The first-order chi connectivity index (χ1) is 11.8. The van der Waals surface area contributed by atoms with Gasteiger partial charge < -0.3 is 11.5 Å². The van der Waals surface area contributed by atoms with Gasteiger partial charge >= 0.3 is 0 Å². The summed E-state index contributed by atoms with van der Waals surface area (Å²) in [5.74, 6) is 1.57. The van der Waals surface area contributed by atoms with Gasteiger partial charge in [0, 0.05) is 0 Å². The molecule has 3 rings (SSSR count). The summed E-state index contributed by atoms with van der Waals surface area (Å²) in [7, 11) is 0. The lowest BCUT2D eigenvalue weighted by Crippen LogP contribution is -2.54. The number of nitrogens with zero attached hydrogens (tertiary/aromatic N) is 3. The number of hydrogen-bond donors (Lipinski definition) is 2. The molecular weight excluding hydrogens is 394 g/mol. The molecule has 1 aromatic rings. The average molecular weight is 424 g/mol. The van der Waals surface area contributed by atoms with Gasteiger partial charge in [0.1, 0.15) is 0 Å². The molecule has 4 N–H and O–H groups in total. The molecule has 2 atom stereocenters. The van der Waals surface area contributed by atoms with E-state index >= 15 is 0 Å². The highest BCUT2D eigenvalue weighted by Gasteiger charge is 2.34. The molecular formula is C19H30BrN5O. The molecule has 0 aromatic heterocycles. The predicted molar refractivity (Wildman–Crippen MR) is 111 cm³/mol. The Morgan fingerprint density at radius 1 is 1.27 bits per heavy atom. The molecule has 1 saturated carbocycles. The molecule has 1 aliphatic heterocycles. The summed E-state index contributed by atoms with van der Waals surface area (Å²) in [6.45, 7) is 6.60. The van der Waals surface area contributed by atoms with Gasteiger partial charge in [-0.1, -0.05) is 36.2 Å². The van der Waals surface area contributed by atoms with Gasteiger partial charge in [0.25, 0.3) is 0 Å². The quantitative estimate of drug-likeness (QED) is 0.775. The number of guanidine groups is 2. The summed E-state index contributed by atoms with van der Waals surface area (Å²) < 4.78 is 0. The van der Waals surface area contributed by atoms with Crippen LogP contribution in [0.25, 0.3) is 0 Å². The van der Waals surface area contributed by atoms with E-state index in [1.165, 1.54) is 30.4 Å². The zero-order valence-electron chi connectivity index (χ0n) is 15.8. The first kappa shape index (κ1) is 20.7. The third-order valence-corrected chi connectivity index (χ3v) is 5.06. The summed E-state index contributed by atoms with van der Waals surface area (Å²) in [4.78, 5) is 14.4. The molecule has 1 aromatic carbocycles. The van der Waals surface area contributed by atoms with Crippen LogP contribution in [0.3, 0.4) is 0 Å². The highest BCUT2D eigenvalue weighted by atomic mass is 79.9. The molecule has 7 heteroatoms. The van der Waals surface area contributed by atoms with Crippen LogP contribution in [0.1, 0.15) is 56.6 Å². The monoisotopic (exact) mass is 423 g/mol. The van der Waals surface area contributed by atoms with Crippen LogP contribution in [0.15, 0.2) is 34.3 Å². The second-order valence-corrected chi connectivity index (χ2v) is 7.67. The van der Waals surface area contributed by atoms with Crippen LogP contribution in [-0.2, 0) is 4.84 Å². The molecule has 2 unspecified atom stereocenters. The number of nitrogens with two attached hydrogens (primary N) is 2. The molecule has 0 amide bonds. The van der Waals surface area contributed by atoms with Gasteiger partial charge in [-0.2, -0.15) is 10.1 Å². The zero-order chi connectivity index (χ0) is 18.0. The van der Waals surface area contributed by atoms with E-state index in [1.807, 2.05) is 13.8 Å². The standard InChI is InChI=1S/C19H29N5O.BrH/c1-13-6-4-8-15(10-13)16-9-5-7-14(11-16)12-25-24-18(21)22-17(20)23-19(24,2)3;/h4,6,8,10,14,16H,5,7,9,11-12H2,1-3H3,(H4,20,21,22,23);1H. The minimum atomic E-state index is -0.638. The molecule has 0 radical (unpaired) electrons. The highest BCUT2D eigenvalue weighted by molar-refractivity contribution is 8.93. The van der Waals surface area contributed by atoms with Crippen molar-refractivity contribution in [1.29, 1.82) is 0 Å². The first-order valence-electron chi connectivity index (χ1n) is 9.04. The molecule has 144 valence electrons. The van der Waals surface area contributed by atoms with Crippen molar-refractivity contribution in [3.63, 3.8) is 0 Å². The second kappa shape index (κ2) is 8.39. The molecule has 6 nitrogen and oxygen atoms in total. The molecule has 2 aliphatic rings. The molecule has 1 fully saturated rings. The third-order valence-electron chi connectivity index (χ3n) is 5.06. The van der Waals surface area contributed by atoms with Crippen molar-refractivity contribution >= 4 is 28.9 Å². The third kappa shape index (κ3) is 4.76. The molecule has 0 bridgehead atoms. The van der Waals surface area contributed by atoms with Crippen molar-refractivity contribution in [2.24, 2.45) is 27.4 Å². The minimum Gasteiger partial charge on any atom is -0.368 e. The van der Waals surface area contributed by atoms with Crippen molar-refractivity contribution in [3.8, 4) is 0 Å². The van der Waals surface area contributed by atoms with Gasteiger partial charge in [-0.25, -0.2) is 4.99 Å². The molecule has 0 spiro atoms. The number of aliphatic imine (C=N–C) groups is 2. The Bertz CT molecular complexity index is 688. The van der Waals surface area contributed by atoms with Crippen LogP contribution in [0.4, 0.5) is 0 Å². The predicted octanol–water partition coefficient (Wildman–Crippen LogP) is 3.46. The summed E-state index contributed by atoms with van der Waals surface area (Å²) in [5, 5.41) is 1.58. The van der Waals surface area contributed by atoms with Gasteiger partial charge in [-0.3, -0.25) is 4.84 Å². The molecule has 1 aliphatic carbocycles. The van der Waals surface area contributed by atoms with Crippen molar-refractivity contribution < 1.29 is 4.84 Å². The van der Waals surface area contributed by atoms with Crippen LogP contribution < -0.4 is 11.5 Å². The minimum absolute atomic E-state index is 0. The maximum atomic E-state index is 6.02. The van der Waals surface area contributed by atoms with Gasteiger partial charge in [-0.15, -0.1) is 17.0 Å². The van der Waals surface area contributed by atoms with Crippen LogP contribution in [0, 0.1) is 12.8 Å². The zero-order valence-corrected chi connectivity index (χ0v) is 17.5. The van der Waals surface area contributed by atoms with Crippen molar-refractivity contribution in [3.05, 3.63) is 35.4 Å². The molecule has 1 heterocycles. The van der Waals surface area contributed by atoms with Crippen molar-refractivity contribution in [1.82, 2.24) is 5.06 Å². The van der Waals surface area contributed by atoms with Gasteiger partial charge in [0.2, 0.25) is 11.9 Å². The molecule has 26 heavy (non-hydrogen) atoms. The maximum absolute atomic E-state index is 6.02. The fourth-order valence-electron chi connectivity index (χ4n) is 3.87. The van der Waals surface area contributed by atoms with E-state index < -0.39 is 5.66 Å². The number of benzene rings is 1. The largest absolute Gasteiger partial charge is 0.368 e. The fourth-order valence-corrected chi connectivity index (χ4v) is 3.87. The SMILES string of the molecule is Br.Cc1cccc(C2CCCC(CON3C(N)=NC(N)=NC3(C)C)C2)c1. The number of rotatable bonds is 4. The van der Waals surface area contributed by atoms with E-state index in [0.717, 1.165) is 6.42 Å². The summed E-state index contributed by atoms with van der Waals surface area (Å²) >= 11 is 0. The second-order valence-electron chi connectivity index (χ2n) is 7.67. The van der Waals surface area contributed by atoms with Crippen molar-refractivity contribution in [2.45, 2.75) is 58.0 Å². The van der Waals surface area contributed by atoms with Gasteiger partial charge in [-0.05, 0) is 57.4 Å². The van der Waals surface area contributed by atoms with Gasteiger partial charge in [0.05, 0.1) is 6.61 Å². The average Bonchev–Trinajstić information content (AvgIpc) is 2.53. The fraction of sp³-hybridized carbons (Fsp3) is 0.579. The van der Waals surface area contributed by atoms with Crippen LogP contribution in [-0.4, -0.2) is 29.3 Å². The normalized spacial score (nSPS) is 25.1. The highest BCUT2D eigenvalue weighted by Crippen LogP contribution is 2.37. The lowest BCUT2D eigenvalue weighted by atomic mass is 9.78. The lowest BCUT2D eigenvalue weighted by molar-refractivity contribution is -0.169. The summed E-state index contributed by atoms with van der Waals surface area (Å²) in [6.07, 6.45) is 4.80. The Balaban J connectivity index is 0.00000243. The number of hydroxylamine groups is 2. The van der Waals surface area contributed by atoms with Gasteiger partial charge in [0.15, 0.2) is 5.66 Å². The van der Waals surface area contributed by atoms with E-state index in [0.29, 0.717) is 18.4 Å². The summed E-state index contributed by atoms with van der Waals surface area (Å²) in [5.41, 5.74) is 13.8. The van der Waals surface area contributed by atoms with E-state index in [4.69, 9.17) is 16.3 Å². The Morgan fingerprint density at radius 3 is 2.73 bits per heavy atom. The topological polar surface area (TPSA) is 89.2 Å². The molecule has 0 saturated heterocycles. The van der Waals surface area contributed by atoms with E-state index in [1.54, 1.807) is 5.06 Å². The smallest absolute Gasteiger partial charge is 0.226 e. The Hall–Kier alpha value is -1.60. The number of aryl methyl sites for hydroxylation is 1. The van der Waals surface area contributed by atoms with E-state index in [9.17, 15) is 0 Å². The van der Waals surface area contributed by atoms with Crippen molar-refractivity contribution in [2.75, 3.05) is 6.61 Å². The number of hydrogen-bond acceptors (Lipinski definition) is 6. The maximum Gasteiger partial charge on any atom is 0.226 e. The Kier molecular flexibility index (Phi) is 6.69. The van der Waals surface area contributed by atoms with E-state index in [-0.39, 0.29) is 28.9 Å².